The fourth-order valence-corrected chi connectivity index (χ4v) is 3.19. The first-order valence-corrected chi connectivity index (χ1v) is 9.03. The standard InChI is InChI=1S/C22H21ClN2O2/c1-5-10-25-21(26)19(16-8-6-13(2)15(4)11-16)20(22(25)27)24-18-12-17(23)9-7-14(18)3/h5-9,11-12,24H,1,10H2,2-4H3. The van der Waals surface area contributed by atoms with Crippen LogP contribution < -0.4 is 5.32 Å². The van der Waals surface area contributed by atoms with Crippen molar-refractivity contribution in [3.05, 3.63) is 82.0 Å². The Hall–Kier alpha value is -2.85. The summed E-state index contributed by atoms with van der Waals surface area (Å²) in [6.07, 6.45) is 1.54. The van der Waals surface area contributed by atoms with Crippen LogP contribution in [-0.4, -0.2) is 23.3 Å². The molecule has 5 heteroatoms. The lowest BCUT2D eigenvalue weighted by molar-refractivity contribution is -0.136. The topological polar surface area (TPSA) is 49.4 Å². The minimum Gasteiger partial charge on any atom is -0.350 e. The lowest BCUT2D eigenvalue weighted by atomic mass is 9.99. The maximum atomic E-state index is 13.0. The van der Waals surface area contributed by atoms with Crippen LogP contribution >= 0.6 is 11.6 Å². The first-order chi connectivity index (χ1) is 12.8. The van der Waals surface area contributed by atoms with Crippen LogP contribution in [0, 0.1) is 20.8 Å². The summed E-state index contributed by atoms with van der Waals surface area (Å²) in [4.78, 5) is 27.1. The smallest absolute Gasteiger partial charge is 0.278 e. The van der Waals surface area contributed by atoms with Gasteiger partial charge in [0, 0.05) is 17.3 Å². The number of halogens is 1. The van der Waals surface area contributed by atoms with Gasteiger partial charge in [-0.3, -0.25) is 14.5 Å². The lowest BCUT2D eigenvalue weighted by Crippen LogP contribution is -2.32. The van der Waals surface area contributed by atoms with Gasteiger partial charge in [0.25, 0.3) is 11.8 Å². The zero-order chi connectivity index (χ0) is 19.7. The number of imide groups is 1. The van der Waals surface area contributed by atoms with Crippen molar-refractivity contribution in [3.8, 4) is 0 Å². The summed E-state index contributed by atoms with van der Waals surface area (Å²) in [7, 11) is 0. The molecule has 0 unspecified atom stereocenters. The predicted octanol–water partition coefficient (Wildman–Crippen LogP) is 4.64. The number of nitrogens with one attached hydrogen (secondary N) is 1. The number of aryl methyl sites for hydroxylation is 3. The van der Waals surface area contributed by atoms with Crippen molar-refractivity contribution in [2.24, 2.45) is 0 Å². The molecular weight excluding hydrogens is 360 g/mol. The first-order valence-electron chi connectivity index (χ1n) is 8.65. The molecule has 0 aromatic heterocycles. The normalized spacial score (nSPS) is 14.1. The molecule has 3 rings (SSSR count). The van der Waals surface area contributed by atoms with E-state index in [2.05, 4.69) is 11.9 Å². The van der Waals surface area contributed by atoms with Crippen LogP contribution in [0.4, 0.5) is 5.69 Å². The molecule has 2 aromatic rings. The lowest BCUT2D eigenvalue weighted by Gasteiger charge is -2.13. The fourth-order valence-electron chi connectivity index (χ4n) is 3.02. The van der Waals surface area contributed by atoms with E-state index < -0.39 is 0 Å². The second-order valence-electron chi connectivity index (χ2n) is 6.64. The number of rotatable bonds is 5. The third-order valence-corrected chi connectivity index (χ3v) is 4.97. The average molecular weight is 381 g/mol. The second kappa shape index (κ2) is 7.41. The zero-order valence-electron chi connectivity index (χ0n) is 15.6. The third kappa shape index (κ3) is 3.53. The Balaban J connectivity index is 2.15. The Morgan fingerprint density at radius 3 is 2.37 bits per heavy atom. The van der Waals surface area contributed by atoms with Crippen molar-refractivity contribution < 1.29 is 9.59 Å². The van der Waals surface area contributed by atoms with Gasteiger partial charge < -0.3 is 5.32 Å². The van der Waals surface area contributed by atoms with E-state index >= 15 is 0 Å². The van der Waals surface area contributed by atoms with Crippen LogP contribution in [0.15, 0.2) is 54.8 Å². The van der Waals surface area contributed by atoms with Crippen LogP contribution in [0.2, 0.25) is 5.02 Å². The molecule has 138 valence electrons. The van der Waals surface area contributed by atoms with Gasteiger partial charge in [0.1, 0.15) is 5.70 Å². The van der Waals surface area contributed by atoms with E-state index in [1.165, 1.54) is 4.90 Å². The summed E-state index contributed by atoms with van der Waals surface area (Å²) in [5.74, 6) is -0.696. The molecule has 2 amide bonds. The van der Waals surface area contributed by atoms with E-state index in [1.807, 2.05) is 45.0 Å². The molecule has 1 aliphatic rings. The van der Waals surface area contributed by atoms with Crippen LogP contribution in [0.3, 0.4) is 0 Å². The van der Waals surface area contributed by atoms with Crippen molar-refractivity contribution in [3.63, 3.8) is 0 Å². The molecule has 0 atom stereocenters. The van der Waals surface area contributed by atoms with Gasteiger partial charge in [-0.15, -0.1) is 6.58 Å². The summed E-state index contributed by atoms with van der Waals surface area (Å²) in [6, 6.07) is 11.1. The van der Waals surface area contributed by atoms with E-state index in [4.69, 9.17) is 11.6 Å². The maximum absolute atomic E-state index is 13.0. The van der Waals surface area contributed by atoms with E-state index in [9.17, 15) is 9.59 Å². The van der Waals surface area contributed by atoms with Crippen LogP contribution in [0.5, 0.6) is 0 Å². The molecule has 27 heavy (non-hydrogen) atoms. The number of carbonyl (C=O) groups is 2. The van der Waals surface area contributed by atoms with E-state index in [0.29, 0.717) is 21.8 Å². The van der Waals surface area contributed by atoms with Crippen molar-refractivity contribution in [1.82, 2.24) is 4.90 Å². The van der Waals surface area contributed by atoms with Gasteiger partial charge in [0.2, 0.25) is 0 Å². The Kier molecular flexibility index (Phi) is 5.19. The zero-order valence-corrected chi connectivity index (χ0v) is 16.4. The molecule has 2 aromatic carbocycles. The third-order valence-electron chi connectivity index (χ3n) is 4.73. The Bertz CT molecular complexity index is 992. The summed E-state index contributed by atoms with van der Waals surface area (Å²) >= 11 is 6.11. The highest BCUT2D eigenvalue weighted by Crippen LogP contribution is 2.32. The molecule has 1 N–H and O–H groups in total. The van der Waals surface area contributed by atoms with Gasteiger partial charge in [-0.05, 0) is 55.2 Å². The van der Waals surface area contributed by atoms with Crippen molar-refractivity contribution in [2.45, 2.75) is 20.8 Å². The van der Waals surface area contributed by atoms with Crippen molar-refractivity contribution in [2.75, 3.05) is 11.9 Å². The number of nitrogens with zero attached hydrogens (tertiary/aromatic N) is 1. The molecule has 1 heterocycles. The van der Waals surface area contributed by atoms with Crippen LogP contribution in [-0.2, 0) is 9.59 Å². The molecule has 0 saturated carbocycles. The molecule has 0 bridgehead atoms. The highest BCUT2D eigenvalue weighted by molar-refractivity contribution is 6.36. The summed E-state index contributed by atoms with van der Waals surface area (Å²) in [5, 5.41) is 3.70. The van der Waals surface area contributed by atoms with Crippen molar-refractivity contribution >= 4 is 34.7 Å². The van der Waals surface area contributed by atoms with Gasteiger partial charge in [-0.1, -0.05) is 41.9 Å². The molecule has 0 spiro atoms. The quantitative estimate of drug-likeness (QED) is 0.607. The highest BCUT2D eigenvalue weighted by Gasteiger charge is 2.38. The molecule has 0 fully saturated rings. The van der Waals surface area contributed by atoms with Crippen LogP contribution in [0.1, 0.15) is 22.3 Å². The first kappa shape index (κ1) is 18.9. The van der Waals surface area contributed by atoms with E-state index in [-0.39, 0.29) is 24.1 Å². The van der Waals surface area contributed by atoms with Gasteiger partial charge in [0.15, 0.2) is 0 Å². The van der Waals surface area contributed by atoms with Gasteiger partial charge in [-0.2, -0.15) is 0 Å². The molecular formula is C22H21ClN2O2. The summed E-state index contributed by atoms with van der Waals surface area (Å²) < 4.78 is 0. The number of benzene rings is 2. The van der Waals surface area contributed by atoms with Crippen molar-refractivity contribution in [1.29, 1.82) is 0 Å². The number of amides is 2. The molecule has 0 saturated heterocycles. The molecule has 0 aliphatic carbocycles. The summed E-state index contributed by atoms with van der Waals surface area (Å²) in [5.41, 5.74) is 5.14. The second-order valence-corrected chi connectivity index (χ2v) is 7.08. The number of carbonyl (C=O) groups excluding carboxylic acids is 2. The Labute approximate surface area is 164 Å². The number of hydrogen-bond acceptors (Lipinski definition) is 3. The average Bonchev–Trinajstić information content (AvgIpc) is 2.85. The van der Waals surface area contributed by atoms with Gasteiger partial charge in [0.05, 0.1) is 5.57 Å². The van der Waals surface area contributed by atoms with Crippen LogP contribution in [0.25, 0.3) is 5.57 Å². The molecule has 0 radical (unpaired) electrons. The van der Waals surface area contributed by atoms with E-state index in [1.54, 1.807) is 18.2 Å². The minimum atomic E-state index is -0.368. The monoisotopic (exact) mass is 380 g/mol. The number of anilines is 1. The fraction of sp³-hybridized carbons (Fsp3) is 0.182. The number of hydrogen-bond donors (Lipinski definition) is 1. The Morgan fingerprint density at radius 1 is 1.00 bits per heavy atom. The van der Waals surface area contributed by atoms with Gasteiger partial charge in [-0.25, -0.2) is 0 Å². The summed E-state index contributed by atoms with van der Waals surface area (Å²) in [6.45, 7) is 9.71. The molecule has 1 aliphatic heterocycles. The maximum Gasteiger partial charge on any atom is 0.278 e. The van der Waals surface area contributed by atoms with Gasteiger partial charge >= 0.3 is 0 Å². The molecule has 4 nitrogen and oxygen atoms in total. The Morgan fingerprint density at radius 2 is 1.70 bits per heavy atom. The minimum absolute atomic E-state index is 0.158. The largest absolute Gasteiger partial charge is 0.350 e. The SMILES string of the molecule is C=CCN1C(=O)C(Nc2cc(Cl)ccc2C)=C(c2ccc(C)c(C)c2)C1=O. The van der Waals surface area contributed by atoms with E-state index in [0.717, 1.165) is 16.7 Å². The predicted molar refractivity (Wildman–Crippen MR) is 110 cm³/mol. The highest BCUT2D eigenvalue weighted by atomic mass is 35.5.